The van der Waals surface area contributed by atoms with Crippen molar-refractivity contribution in [3.05, 3.63) is 29.3 Å². The normalized spacial score (nSPS) is 21.4. The Morgan fingerprint density at radius 1 is 1.41 bits per heavy atom. The van der Waals surface area contributed by atoms with Gasteiger partial charge in [-0.1, -0.05) is 12.1 Å². The fourth-order valence-corrected chi connectivity index (χ4v) is 3.96. The highest BCUT2D eigenvalue weighted by Gasteiger charge is 2.33. The van der Waals surface area contributed by atoms with Crippen molar-refractivity contribution in [1.29, 1.82) is 0 Å². The van der Waals surface area contributed by atoms with Crippen molar-refractivity contribution >= 4 is 9.84 Å². The van der Waals surface area contributed by atoms with Gasteiger partial charge in [0.1, 0.15) is 0 Å². The molecule has 17 heavy (non-hydrogen) atoms. The Morgan fingerprint density at radius 3 is 2.88 bits per heavy atom. The van der Waals surface area contributed by atoms with E-state index in [1.165, 1.54) is 0 Å². The zero-order valence-electron chi connectivity index (χ0n) is 10.4. The van der Waals surface area contributed by atoms with Crippen LogP contribution in [0, 0.1) is 0 Å². The molecule has 0 fully saturated rings. The SMILES string of the molecule is CNCCCc1ccc2c(c1)S(=O)(=O)C(C)C2. The van der Waals surface area contributed by atoms with Gasteiger partial charge in [-0.3, -0.25) is 0 Å². The second-order valence-electron chi connectivity index (χ2n) is 4.71. The van der Waals surface area contributed by atoms with E-state index in [1.807, 2.05) is 19.2 Å². The lowest BCUT2D eigenvalue weighted by atomic mass is 10.0. The quantitative estimate of drug-likeness (QED) is 0.828. The molecule has 0 saturated heterocycles. The second kappa shape index (κ2) is 4.78. The van der Waals surface area contributed by atoms with Crippen molar-refractivity contribution in [2.75, 3.05) is 13.6 Å². The Morgan fingerprint density at radius 2 is 2.18 bits per heavy atom. The Balaban J connectivity index is 2.24. The number of benzene rings is 1. The number of fused-ring (bicyclic) bond motifs is 1. The van der Waals surface area contributed by atoms with Crippen LogP contribution in [0.5, 0.6) is 0 Å². The molecule has 0 radical (unpaired) electrons. The first kappa shape index (κ1) is 12.6. The van der Waals surface area contributed by atoms with E-state index in [9.17, 15) is 8.42 Å². The topological polar surface area (TPSA) is 46.2 Å². The zero-order valence-corrected chi connectivity index (χ0v) is 11.2. The van der Waals surface area contributed by atoms with E-state index in [0.29, 0.717) is 11.3 Å². The molecular formula is C13H19NO2S. The van der Waals surface area contributed by atoms with Crippen LogP contribution >= 0.6 is 0 Å². The van der Waals surface area contributed by atoms with E-state index in [-0.39, 0.29) is 5.25 Å². The van der Waals surface area contributed by atoms with Crippen LogP contribution in [-0.2, 0) is 22.7 Å². The molecule has 1 aromatic carbocycles. The molecule has 0 bridgehead atoms. The van der Waals surface area contributed by atoms with Gasteiger partial charge in [0, 0.05) is 0 Å². The van der Waals surface area contributed by atoms with Gasteiger partial charge in [-0.25, -0.2) is 8.42 Å². The van der Waals surface area contributed by atoms with Crippen LogP contribution in [0.3, 0.4) is 0 Å². The summed E-state index contributed by atoms with van der Waals surface area (Å²) in [6.45, 7) is 2.75. The molecule has 0 spiro atoms. The second-order valence-corrected chi connectivity index (χ2v) is 7.04. The number of hydrogen-bond donors (Lipinski definition) is 1. The maximum atomic E-state index is 12.1. The number of sulfone groups is 1. The van der Waals surface area contributed by atoms with Gasteiger partial charge in [0.05, 0.1) is 10.1 Å². The van der Waals surface area contributed by atoms with Gasteiger partial charge >= 0.3 is 0 Å². The summed E-state index contributed by atoms with van der Waals surface area (Å²) < 4.78 is 24.1. The fraction of sp³-hybridized carbons (Fsp3) is 0.538. The molecule has 1 aliphatic rings. The van der Waals surface area contributed by atoms with Gasteiger partial charge in [-0.2, -0.15) is 0 Å². The summed E-state index contributed by atoms with van der Waals surface area (Å²) in [6, 6.07) is 5.90. The first-order valence-electron chi connectivity index (χ1n) is 6.06. The summed E-state index contributed by atoms with van der Waals surface area (Å²) in [5, 5.41) is 2.84. The lowest BCUT2D eigenvalue weighted by Crippen LogP contribution is -2.11. The monoisotopic (exact) mass is 253 g/mol. The van der Waals surface area contributed by atoms with Crippen LogP contribution in [0.15, 0.2) is 23.1 Å². The van der Waals surface area contributed by atoms with Gasteiger partial charge in [-0.05, 0) is 57.0 Å². The molecule has 94 valence electrons. The average molecular weight is 253 g/mol. The predicted molar refractivity (Wildman–Crippen MR) is 69.0 cm³/mol. The summed E-state index contributed by atoms with van der Waals surface area (Å²) in [5.41, 5.74) is 2.10. The molecule has 1 aromatic rings. The summed E-state index contributed by atoms with van der Waals surface area (Å²) in [4.78, 5) is 0.562. The number of rotatable bonds is 4. The molecule has 2 rings (SSSR count). The van der Waals surface area contributed by atoms with Crippen molar-refractivity contribution in [2.24, 2.45) is 0 Å². The summed E-state index contributed by atoms with van der Waals surface area (Å²) >= 11 is 0. The van der Waals surface area contributed by atoms with Gasteiger partial charge in [0.15, 0.2) is 9.84 Å². The molecule has 1 atom stereocenters. The maximum Gasteiger partial charge on any atom is 0.181 e. The molecule has 1 unspecified atom stereocenters. The van der Waals surface area contributed by atoms with E-state index < -0.39 is 9.84 Å². The van der Waals surface area contributed by atoms with Crippen LogP contribution in [0.1, 0.15) is 24.5 Å². The summed E-state index contributed by atoms with van der Waals surface area (Å²) in [7, 11) is -1.13. The Labute approximate surface area is 103 Å². The number of nitrogens with one attached hydrogen (secondary N) is 1. The van der Waals surface area contributed by atoms with Crippen molar-refractivity contribution in [3.63, 3.8) is 0 Å². The van der Waals surface area contributed by atoms with E-state index >= 15 is 0 Å². The third kappa shape index (κ3) is 2.38. The van der Waals surface area contributed by atoms with Crippen molar-refractivity contribution in [3.8, 4) is 0 Å². The van der Waals surface area contributed by atoms with Crippen LogP contribution in [0.4, 0.5) is 0 Å². The largest absolute Gasteiger partial charge is 0.320 e. The lowest BCUT2D eigenvalue weighted by Gasteiger charge is -2.05. The van der Waals surface area contributed by atoms with Crippen LogP contribution in [0.2, 0.25) is 0 Å². The maximum absolute atomic E-state index is 12.1. The summed E-state index contributed by atoms with van der Waals surface area (Å²) in [5.74, 6) is 0. The highest BCUT2D eigenvalue weighted by molar-refractivity contribution is 7.92. The highest BCUT2D eigenvalue weighted by Crippen LogP contribution is 2.31. The number of hydrogen-bond acceptors (Lipinski definition) is 3. The minimum atomic E-state index is -3.05. The van der Waals surface area contributed by atoms with Crippen LogP contribution in [0.25, 0.3) is 0 Å². The van der Waals surface area contributed by atoms with Gasteiger partial charge in [0.2, 0.25) is 0 Å². The Bertz CT molecular complexity index is 508. The fourth-order valence-electron chi connectivity index (χ4n) is 2.29. The van der Waals surface area contributed by atoms with Crippen LogP contribution in [-0.4, -0.2) is 27.3 Å². The minimum Gasteiger partial charge on any atom is -0.320 e. The smallest absolute Gasteiger partial charge is 0.181 e. The van der Waals surface area contributed by atoms with E-state index in [4.69, 9.17) is 0 Å². The average Bonchev–Trinajstić information content (AvgIpc) is 2.51. The van der Waals surface area contributed by atoms with Gasteiger partial charge < -0.3 is 5.32 Å². The zero-order chi connectivity index (χ0) is 12.5. The van der Waals surface area contributed by atoms with E-state index in [0.717, 1.165) is 30.5 Å². The predicted octanol–water partition coefficient (Wildman–Crippen LogP) is 1.56. The third-order valence-corrected chi connectivity index (χ3v) is 5.59. The lowest BCUT2D eigenvalue weighted by molar-refractivity contribution is 0.590. The Hall–Kier alpha value is -0.870. The van der Waals surface area contributed by atoms with Crippen LogP contribution < -0.4 is 5.32 Å². The minimum absolute atomic E-state index is 0.259. The first-order valence-corrected chi connectivity index (χ1v) is 7.60. The standard InChI is InChI=1S/C13H19NO2S/c1-10-8-12-6-5-11(4-3-7-14-2)9-13(12)17(10,15)16/h5-6,9-10,14H,3-4,7-8H2,1-2H3. The Kier molecular flexibility index (Phi) is 3.54. The molecule has 4 heteroatoms. The molecule has 0 aliphatic carbocycles. The molecule has 3 nitrogen and oxygen atoms in total. The third-order valence-electron chi connectivity index (χ3n) is 3.37. The van der Waals surface area contributed by atoms with Gasteiger partial charge in [-0.15, -0.1) is 0 Å². The molecule has 0 saturated carbocycles. The van der Waals surface area contributed by atoms with E-state index in [2.05, 4.69) is 11.4 Å². The van der Waals surface area contributed by atoms with E-state index in [1.54, 1.807) is 6.92 Å². The van der Waals surface area contributed by atoms with Gasteiger partial charge in [0.25, 0.3) is 0 Å². The van der Waals surface area contributed by atoms with Crippen molar-refractivity contribution < 1.29 is 8.42 Å². The number of aryl methyl sites for hydroxylation is 1. The summed E-state index contributed by atoms with van der Waals surface area (Å²) in [6.07, 6.45) is 2.62. The first-order chi connectivity index (χ1) is 8.05. The molecule has 1 N–H and O–H groups in total. The van der Waals surface area contributed by atoms with Crippen molar-refractivity contribution in [2.45, 2.75) is 36.3 Å². The molecule has 0 amide bonds. The molecule has 0 aromatic heterocycles. The van der Waals surface area contributed by atoms with Crippen molar-refractivity contribution in [1.82, 2.24) is 5.32 Å². The molecule has 1 heterocycles. The highest BCUT2D eigenvalue weighted by atomic mass is 32.2. The molecular weight excluding hydrogens is 234 g/mol. The molecule has 1 aliphatic heterocycles.